The van der Waals surface area contributed by atoms with E-state index in [1.54, 1.807) is 13.8 Å². The summed E-state index contributed by atoms with van der Waals surface area (Å²) in [6.45, 7) is 4.71. The first-order valence-electron chi connectivity index (χ1n) is 6.83. The Balaban J connectivity index is 2.25. The molecule has 0 saturated heterocycles. The Morgan fingerprint density at radius 3 is 2.28 bits per heavy atom. The Bertz CT molecular complexity index is 918. The summed E-state index contributed by atoms with van der Waals surface area (Å²) in [7, 11) is -3.16. The maximum atomic E-state index is 12.5. The molecule has 0 aliphatic heterocycles. The summed E-state index contributed by atoms with van der Waals surface area (Å²) in [5, 5.41) is 3.70. The summed E-state index contributed by atoms with van der Waals surface area (Å²) in [6.07, 6.45) is 0. The van der Waals surface area contributed by atoms with E-state index in [-0.39, 0.29) is 15.7 Å². The van der Waals surface area contributed by atoms with E-state index in [0.717, 1.165) is 18.4 Å². The topological polar surface area (TPSA) is 140 Å². The van der Waals surface area contributed by atoms with Crippen molar-refractivity contribution in [2.24, 2.45) is 0 Å². The maximum Gasteiger partial charge on any atom is 0.349 e. The minimum Gasteiger partial charge on any atom is -0.465 e. The molecule has 0 saturated carbocycles. The second-order valence-electron chi connectivity index (χ2n) is 4.88. The molecular formula is C13H15N5O5S2. The lowest BCUT2D eigenvalue weighted by Gasteiger charge is -2.09. The van der Waals surface area contributed by atoms with Crippen molar-refractivity contribution in [1.29, 1.82) is 0 Å². The van der Waals surface area contributed by atoms with Gasteiger partial charge < -0.3 is 4.74 Å². The number of carbonyl (C=O) groups excluding carboxylic acids is 2. The third-order valence-corrected chi connectivity index (χ3v) is 5.59. The van der Waals surface area contributed by atoms with Gasteiger partial charge in [-0.3, -0.25) is 5.32 Å². The number of aromatic nitrogens is 3. The first-order valence-corrected chi connectivity index (χ1v) is 9.20. The minimum absolute atomic E-state index is 0.0899. The fourth-order valence-corrected chi connectivity index (χ4v) is 4.59. The van der Waals surface area contributed by atoms with Crippen molar-refractivity contribution in [1.82, 2.24) is 19.7 Å². The van der Waals surface area contributed by atoms with Crippen LogP contribution in [0.3, 0.4) is 0 Å². The number of hydrogen-bond acceptors (Lipinski definition) is 9. The Kier molecular flexibility index (Phi) is 5.33. The van der Waals surface area contributed by atoms with E-state index in [4.69, 9.17) is 0 Å². The summed E-state index contributed by atoms with van der Waals surface area (Å²) >= 11 is 0.912. The van der Waals surface area contributed by atoms with Crippen molar-refractivity contribution >= 4 is 39.3 Å². The zero-order valence-corrected chi connectivity index (χ0v) is 15.4. The molecule has 2 N–H and O–H groups in total. The largest absolute Gasteiger partial charge is 0.465 e. The lowest BCUT2D eigenvalue weighted by molar-refractivity contribution is 0.0602. The number of thiophene rings is 1. The molecule has 25 heavy (non-hydrogen) atoms. The number of amides is 2. The van der Waals surface area contributed by atoms with Crippen LogP contribution in [0.5, 0.6) is 0 Å². The number of nitrogens with one attached hydrogen (secondary N) is 2. The van der Waals surface area contributed by atoms with Crippen molar-refractivity contribution in [2.75, 3.05) is 12.4 Å². The van der Waals surface area contributed by atoms with Gasteiger partial charge in [0.05, 0.1) is 7.11 Å². The summed E-state index contributed by atoms with van der Waals surface area (Å²) in [4.78, 5) is 35.0. The van der Waals surface area contributed by atoms with Gasteiger partial charge in [0.1, 0.15) is 21.4 Å². The second kappa shape index (κ2) is 7.11. The van der Waals surface area contributed by atoms with Gasteiger partial charge in [0.2, 0.25) is 5.95 Å². The normalized spacial score (nSPS) is 11.0. The highest BCUT2D eigenvalue weighted by Gasteiger charge is 2.29. The van der Waals surface area contributed by atoms with Crippen LogP contribution in [-0.2, 0) is 14.8 Å². The van der Waals surface area contributed by atoms with Gasteiger partial charge in [0.15, 0.2) is 0 Å². The lowest BCUT2D eigenvalue weighted by atomic mass is 10.3. The smallest absolute Gasteiger partial charge is 0.349 e. The molecule has 0 fully saturated rings. The Hall–Kier alpha value is -2.60. The number of esters is 1. The summed E-state index contributed by atoms with van der Waals surface area (Å²) < 4.78 is 31.3. The predicted octanol–water partition coefficient (Wildman–Crippen LogP) is 1.16. The van der Waals surface area contributed by atoms with Crippen molar-refractivity contribution < 1.29 is 22.7 Å². The van der Waals surface area contributed by atoms with E-state index in [1.165, 1.54) is 12.3 Å². The maximum absolute atomic E-state index is 12.5. The Morgan fingerprint density at radius 2 is 1.72 bits per heavy atom. The third kappa shape index (κ3) is 4.28. The summed E-state index contributed by atoms with van der Waals surface area (Å²) in [5.41, 5.74) is 0.317. The number of rotatable bonds is 4. The third-order valence-electron chi connectivity index (χ3n) is 2.87. The first-order chi connectivity index (χ1) is 11.6. The molecular weight excluding hydrogens is 370 g/mol. The molecule has 0 unspecified atom stereocenters. The lowest BCUT2D eigenvalue weighted by Crippen LogP contribution is -2.35. The number of nitrogens with zero attached hydrogens (tertiary/aromatic N) is 3. The van der Waals surface area contributed by atoms with E-state index in [1.807, 2.05) is 4.72 Å². The van der Waals surface area contributed by atoms with Crippen LogP contribution in [0.25, 0.3) is 0 Å². The monoisotopic (exact) mass is 385 g/mol. The van der Waals surface area contributed by atoms with Gasteiger partial charge in [0, 0.05) is 0 Å². The minimum atomic E-state index is -4.30. The zero-order chi connectivity index (χ0) is 18.8. The van der Waals surface area contributed by atoms with E-state index in [9.17, 15) is 18.0 Å². The highest BCUT2D eigenvalue weighted by molar-refractivity contribution is 7.90. The summed E-state index contributed by atoms with van der Waals surface area (Å²) in [5.74, 6) is -0.157. The van der Waals surface area contributed by atoms with Crippen LogP contribution in [0.4, 0.5) is 10.7 Å². The van der Waals surface area contributed by atoms with Gasteiger partial charge in [0.25, 0.3) is 10.0 Å². The van der Waals surface area contributed by atoms with E-state index >= 15 is 0 Å². The summed E-state index contributed by atoms with van der Waals surface area (Å²) in [6, 6.07) is -1.06. The zero-order valence-electron chi connectivity index (χ0n) is 13.8. The van der Waals surface area contributed by atoms with Gasteiger partial charge in [-0.05, 0) is 31.7 Å². The van der Waals surface area contributed by atoms with Gasteiger partial charge in [-0.25, -0.2) is 27.7 Å². The highest BCUT2D eigenvalue weighted by Crippen LogP contribution is 2.27. The fourth-order valence-electron chi connectivity index (χ4n) is 1.97. The van der Waals surface area contributed by atoms with Crippen LogP contribution in [-0.4, -0.2) is 42.5 Å². The molecule has 0 spiro atoms. The molecule has 0 aromatic carbocycles. The molecule has 0 radical (unpaired) electrons. The number of urea groups is 1. The molecule has 0 atom stereocenters. The highest BCUT2D eigenvalue weighted by atomic mass is 32.2. The van der Waals surface area contributed by atoms with E-state index in [2.05, 4.69) is 25.0 Å². The number of sulfonamides is 1. The number of aryl methyl sites for hydroxylation is 3. The first kappa shape index (κ1) is 18.7. The van der Waals surface area contributed by atoms with Crippen LogP contribution in [0.1, 0.15) is 26.9 Å². The standard InChI is InChI=1S/C13H15N5O5S2/c1-6-5-24-9(11(19)23-4)10(6)25(21,22)18-13(20)17-12-15-7(2)14-8(3)16-12/h5H,1-4H3,(H2,14,15,16,17,18,20). The molecule has 12 heteroatoms. The molecule has 0 bridgehead atoms. The van der Waals surface area contributed by atoms with Crippen LogP contribution < -0.4 is 10.0 Å². The van der Waals surface area contributed by atoms with Crippen molar-refractivity contribution in [3.8, 4) is 0 Å². The van der Waals surface area contributed by atoms with Crippen LogP contribution in [0.15, 0.2) is 10.3 Å². The molecule has 134 valence electrons. The van der Waals surface area contributed by atoms with Gasteiger partial charge in [-0.15, -0.1) is 11.3 Å². The molecule has 2 aromatic heterocycles. The molecule has 2 aromatic rings. The average molecular weight is 385 g/mol. The number of hydrogen-bond donors (Lipinski definition) is 2. The molecule has 2 amide bonds. The van der Waals surface area contributed by atoms with Crippen molar-refractivity contribution in [3.05, 3.63) is 27.5 Å². The fraction of sp³-hybridized carbons (Fsp3) is 0.308. The quantitative estimate of drug-likeness (QED) is 0.747. The predicted molar refractivity (Wildman–Crippen MR) is 89.0 cm³/mol. The van der Waals surface area contributed by atoms with E-state index < -0.39 is 22.0 Å². The van der Waals surface area contributed by atoms with Gasteiger partial charge in [-0.2, -0.15) is 9.97 Å². The molecule has 0 aliphatic rings. The van der Waals surface area contributed by atoms with Crippen molar-refractivity contribution in [3.63, 3.8) is 0 Å². The SMILES string of the molecule is COC(=O)c1scc(C)c1S(=O)(=O)NC(=O)Nc1nc(C)nc(C)n1. The number of carbonyl (C=O) groups is 2. The van der Waals surface area contributed by atoms with Crippen molar-refractivity contribution in [2.45, 2.75) is 25.7 Å². The number of methoxy groups -OCH3 is 1. The van der Waals surface area contributed by atoms with Crippen LogP contribution >= 0.6 is 11.3 Å². The molecule has 2 rings (SSSR count). The Labute approximate surface area is 147 Å². The number of anilines is 1. The van der Waals surface area contributed by atoms with Gasteiger partial charge >= 0.3 is 12.0 Å². The van der Waals surface area contributed by atoms with Crippen LogP contribution in [0.2, 0.25) is 0 Å². The molecule has 0 aliphatic carbocycles. The Morgan fingerprint density at radius 1 is 1.12 bits per heavy atom. The van der Waals surface area contributed by atoms with Gasteiger partial charge in [-0.1, -0.05) is 0 Å². The molecule has 2 heterocycles. The van der Waals surface area contributed by atoms with E-state index in [0.29, 0.717) is 17.2 Å². The average Bonchev–Trinajstić information content (AvgIpc) is 2.87. The van der Waals surface area contributed by atoms with Crippen LogP contribution in [0, 0.1) is 20.8 Å². The second-order valence-corrected chi connectivity index (χ2v) is 7.38. The number of ether oxygens (including phenoxy) is 1. The molecule has 10 nitrogen and oxygen atoms in total.